The van der Waals surface area contributed by atoms with Gasteiger partial charge in [0.1, 0.15) is 5.75 Å². The lowest BCUT2D eigenvalue weighted by Gasteiger charge is -2.25. The normalized spacial score (nSPS) is 24.2. The van der Waals surface area contributed by atoms with Gasteiger partial charge in [0.25, 0.3) is 5.91 Å². The van der Waals surface area contributed by atoms with Crippen LogP contribution < -0.4 is 20.3 Å². The van der Waals surface area contributed by atoms with E-state index in [9.17, 15) is 14.4 Å². The molecule has 3 rings (SSSR count). The summed E-state index contributed by atoms with van der Waals surface area (Å²) in [4.78, 5) is 37.8. The van der Waals surface area contributed by atoms with Crippen LogP contribution in [0.25, 0.3) is 0 Å². The Kier molecular flexibility index (Phi) is 4.80. The Balaban J connectivity index is 1.70. The van der Waals surface area contributed by atoms with Crippen molar-refractivity contribution in [2.24, 2.45) is 0 Å². The Morgan fingerprint density at radius 2 is 1.96 bits per heavy atom. The van der Waals surface area contributed by atoms with E-state index in [1.54, 1.807) is 24.3 Å². The zero-order valence-corrected chi connectivity index (χ0v) is 13.6. The molecule has 3 amide bonds. The summed E-state index contributed by atoms with van der Waals surface area (Å²) >= 11 is 0. The first-order chi connectivity index (χ1) is 11.6. The maximum Gasteiger partial charge on any atom is 0.251 e. The summed E-state index contributed by atoms with van der Waals surface area (Å²) in [6, 6.07) is 5.77. The molecule has 0 bridgehead atoms. The number of hydrogen-bond donors (Lipinski definition) is 2. The predicted molar refractivity (Wildman–Crippen MR) is 87.7 cm³/mol. The van der Waals surface area contributed by atoms with E-state index in [-0.39, 0.29) is 24.1 Å². The molecule has 2 aliphatic heterocycles. The van der Waals surface area contributed by atoms with E-state index in [4.69, 9.17) is 4.74 Å². The first-order valence-corrected chi connectivity index (χ1v) is 8.23. The fraction of sp³-hybridized carbons (Fsp3) is 0.471. The second-order valence-electron chi connectivity index (χ2n) is 5.90. The molecule has 0 radical (unpaired) electrons. The van der Waals surface area contributed by atoms with Crippen LogP contribution in [0, 0.1) is 0 Å². The van der Waals surface area contributed by atoms with Gasteiger partial charge in [-0.05, 0) is 44.0 Å². The summed E-state index contributed by atoms with van der Waals surface area (Å²) < 4.78 is 5.37. The van der Waals surface area contributed by atoms with Gasteiger partial charge in [0.2, 0.25) is 11.8 Å². The molecule has 2 N–H and O–H groups in total. The number of amides is 3. The van der Waals surface area contributed by atoms with Gasteiger partial charge in [-0.15, -0.1) is 0 Å². The van der Waals surface area contributed by atoms with E-state index in [1.807, 2.05) is 6.92 Å². The molecule has 128 valence electrons. The molecule has 0 aliphatic carbocycles. The lowest BCUT2D eigenvalue weighted by molar-refractivity contribution is -0.125. The predicted octanol–water partition coefficient (Wildman–Crippen LogP) is 0.585. The molecule has 1 aromatic carbocycles. The Bertz CT molecular complexity index is 644. The van der Waals surface area contributed by atoms with Gasteiger partial charge in [-0.3, -0.25) is 19.7 Å². The molecule has 7 heteroatoms. The third-order valence-electron chi connectivity index (χ3n) is 4.24. The number of imide groups is 1. The van der Waals surface area contributed by atoms with E-state index in [1.165, 1.54) is 4.90 Å². The van der Waals surface area contributed by atoms with E-state index in [0.29, 0.717) is 31.0 Å². The first-order valence-electron chi connectivity index (χ1n) is 8.23. The Hall–Kier alpha value is -2.41. The van der Waals surface area contributed by atoms with E-state index >= 15 is 0 Å². The van der Waals surface area contributed by atoms with Crippen molar-refractivity contribution in [2.45, 2.75) is 38.3 Å². The second kappa shape index (κ2) is 7.00. The summed E-state index contributed by atoms with van der Waals surface area (Å²) in [7, 11) is 0. The number of piperidine rings is 1. The maximum absolute atomic E-state index is 12.6. The molecule has 0 spiro atoms. The third-order valence-corrected chi connectivity index (χ3v) is 4.24. The van der Waals surface area contributed by atoms with Crippen molar-refractivity contribution < 1.29 is 19.1 Å². The second-order valence-corrected chi connectivity index (χ2v) is 5.90. The van der Waals surface area contributed by atoms with Crippen molar-refractivity contribution >= 4 is 23.4 Å². The molecular weight excluding hydrogens is 310 g/mol. The van der Waals surface area contributed by atoms with E-state index in [2.05, 4.69) is 10.6 Å². The summed E-state index contributed by atoms with van der Waals surface area (Å²) in [5.74, 6) is -0.00433. The van der Waals surface area contributed by atoms with Gasteiger partial charge in [-0.25, -0.2) is 4.90 Å². The molecule has 0 aromatic heterocycles. The Morgan fingerprint density at radius 3 is 2.62 bits per heavy atom. The topological polar surface area (TPSA) is 87.7 Å². The molecule has 2 heterocycles. The highest BCUT2D eigenvalue weighted by Gasteiger charge is 2.41. The molecular formula is C17H21N3O4. The van der Waals surface area contributed by atoms with Gasteiger partial charge in [0, 0.05) is 6.54 Å². The number of nitrogens with one attached hydrogen (secondary N) is 2. The number of rotatable bonds is 5. The van der Waals surface area contributed by atoms with Crippen molar-refractivity contribution in [3.8, 4) is 5.75 Å². The summed E-state index contributed by atoms with van der Waals surface area (Å²) in [5.41, 5.74) is 0.519. The SMILES string of the molecule is CCOc1ccc(N2C(=O)C[C@H](N[C@@H]3CCCNC3=O)C2=O)cc1. The van der Waals surface area contributed by atoms with Crippen LogP contribution in [-0.4, -0.2) is 43.0 Å². The van der Waals surface area contributed by atoms with Gasteiger partial charge in [0.15, 0.2) is 0 Å². The van der Waals surface area contributed by atoms with Crippen LogP contribution in [-0.2, 0) is 14.4 Å². The molecule has 0 saturated carbocycles. The number of ether oxygens (including phenoxy) is 1. The van der Waals surface area contributed by atoms with Crippen LogP contribution in [0.4, 0.5) is 5.69 Å². The molecule has 2 atom stereocenters. The van der Waals surface area contributed by atoms with Gasteiger partial charge in [-0.1, -0.05) is 0 Å². The van der Waals surface area contributed by atoms with Crippen LogP contribution in [0.2, 0.25) is 0 Å². The minimum Gasteiger partial charge on any atom is -0.494 e. The van der Waals surface area contributed by atoms with Crippen molar-refractivity contribution in [3.05, 3.63) is 24.3 Å². The summed E-state index contributed by atoms with van der Waals surface area (Å²) in [5, 5.41) is 5.80. The average Bonchev–Trinajstić information content (AvgIpc) is 2.85. The summed E-state index contributed by atoms with van der Waals surface area (Å²) in [6.07, 6.45) is 1.60. The smallest absolute Gasteiger partial charge is 0.251 e. The number of anilines is 1. The zero-order valence-electron chi connectivity index (χ0n) is 13.6. The van der Waals surface area contributed by atoms with Gasteiger partial charge < -0.3 is 10.1 Å². The first kappa shape index (κ1) is 16.4. The number of carbonyl (C=O) groups excluding carboxylic acids is 3. The Morgan fingerprint density at radius 1 is 1.21 bits per heavy atom. The van der Waals surface area contributed by atoms with Crippen LogP contribution in [0.3, 0.4) is 0 Å². The maximum atomic E-state index is 12.6. The highest BCUT2D eigenvalue weighted by molar-refractivity contribution is 6.22. The minimum absolute atomic E-state index is 0.0653. The molecule has 2 aliphatic rings. The number of nitrogens with zero attached hydrogens (tertiary/aromatic N) is 1. The van der Waals surface area contributed by atoms with Crippen LogP contribution in [0.1, 0.15) is 26.2 Å². The highest BCUT2D eigenvalue weighted by atomic mass is 16.5. The van der Waals surface area contributed by atoms with Crippen molar-refractivity contribution in [1.82, 2.24) is 10.6 Å². The number of hydrogen-bond acceptors (Lipinski definition) is 5. The van der Waals surface area contributed by atoms with Crippen molar-refractivity contribution in [2.75, 3.05) is 18.1 Å². The average molecular weight is 331 g/mol. The Labute approximate surface area is 140 Å². The van der Waals surface area contributed by atoms with Gasteiger partial charge in [0.05, 0.1) is 30.8 Å². The molecule has 24 heavy (non-hydrogen) atoms. The van der Waals surface area contributed by atoms with E-state index < -0.39 is 12.1 Å². The van der Waals surface area contributed by atoms with Crippen molar-refractivity contribution in [1.29, 1.82) is 0 Å². The number of carbonyl (C=O) groups is 3. The lowest BCUT2D eigenvalue weighted by Crippen LogP contribution is -2.53. The fourth-order valence-corrected chi connectivity index (χ4v) is 3.07. The van der Waals surface area contributed by atoms with Crippen molar-refractivity contribution in [3.63, 3.8) is 0 Å². The molecule has 1 aromatic rings. The minimum atomic E-state index is -0.655. The largest absolute Gasteiger partial charge is 0.494 e. The summed E-state index contributed by atoms with van der Waals surface area (Å²) in [6.45, 7) is 3.10. The van der Waals surface area contributed by atoms with Gasteiger partial charge in [-0.2, -0.15) is 0 Å². The molecule has 2 fully saturated rings. The molecule has 0 unspecified atom stereocenters. The van der Waals surface area contributed by atoms with Crippen LogP contribution in [0.15, 0.2) is 24.3 Å². The van der Waals surface area contributed by atoms with Crippen LogP contribution in [0.5, 0.6) is 5.75 Å². The number of benzene rings is 1. The fourth-order valence-electron chi connectivity index (χ4n) is 3.07. The monoisotopic (exact) mass is 331 g/mol. The van der Waals surface area contributed by atoms with Gasteiger partial charge >= 0.3 is 0 Å². The quantitative estimate of drug-likeness (QED) is 0.771. The molecule has 7 nitrogen and oxygen atoms in total. The van der Waals surface area contributed by atoms with E-state index in [0.717, 1.165) is 6.42 Å². The third kappa shape index (κ3) is 3.26. The standard InChI is InChI=1S/C17H21N3O4/c1-2-24-12-7-5-11(6-8-12)20-15(21)10-14(17(20)23)19-13-4-3-9-18-16(13)22/h5-8,13-14,19H,2-4,9-10H2,1H3,(H,18,22)/t13-,14+/m1/s1. The van der Waals surface area contributed by atoms with Crippen LogP contribution >= 0.6 is 0 Å². The highest BCUT2D eigenvalue weighted by Crippen LogP contribution is 2.25. The zero-order chi connectivity index (χ0) is 17.1. The lowest BCUT2D eigenvalue weighted by atomic mass is 10.1. The molecule has 2 saturated heterocycles.